The molecule has 0 bridgehead atoms. The fourth-order valence-electron chi connectivity index (χ4n) is 5.09. The third-order valence-electron chi connectivity index (χ3n) is 7.12. The van der Waals surface area contributed by atoms with Gasteiger partial charge in [0.15, 0.2) is 0 Å². The van der Waals surface area contributed by atoms with Gasteiger partial charge in [0.25, 0.3) is 5.91 Å². The van der Waals surface area contributed by atoms with Crippen molar-refractivity contribution in [2.75, 3.05) is 11.9 Å². The van der Waals surface area contributed by atoms with Crippen LogP contribution in [0.4, 0.5) is 10.5 Å². The highest BCUT2D eigenvalue weighted by Gasteiger charge is 2.27. The Kier molecular flexibility index (Phi) is 9.53. The molecule has 0 saturated heterocycles. The number of hydrogen-bond acceptors (Lipinski definition) is 8. The molecule has 47 heavy (non-hydrogen) atoms. The molecular weight excluding hydrogens is 616 g/mol. The Morgan fingerprint density at radius 3 is 2.26 bits per heavy atom. The molecule has 244 valence electrons. The fraction of sp³-hybridized carbons (Fsp3) is 0.297. The lowest BCUT2D eigenvalue weighted by atomic mass is 9.91. The first kappa shape index (κ1) is 33.4. The highest BCUT2D eigenvalue weighted by atomic mass is 32.1. The van der Waals surface area contributed by atoms with E-state index in [1.54, 1.807) is 101 Å². The zero-order chi connectivity index (χ0) is 33.9. The van der Waals surface area contributed by atoms with Crippen molar-refractivity contribution in [3.05, 3.63) is 93.9 Å². The van der Waals surface area contributed by atoms with Gasteiger partial charge in [0, 0.05) is 40.2 Å². The molecule has 1 aliphatic rings. The van der Waals surface area contributed by atoms with E-state index >= 15 is 0 Å². The molecule has 0 spiro atoms. The number of carbonyl (C=O) groups excluding carboxylic acids is 4. The summed E-state index contributed by atoms with van der Waals surface area (Å²) in [4.78, 5) is 52.3. The Labute approximate surface area is 278 Å². The number of carbonyl (C=O) groups is 4. The number of anilines is 1. The third-order valence-corrected chi connectivity index (χ3v) is 8.11. The van der Waals surface area contributed by atoms with E-state index in [1.165, 1.54) is 6.07 Å². The molecule has 2 heterocycles. The zero-order valence-corrected chi connectivity index (χ0v) is 28.1. The first-order valence-corrected chi connectivity index (χ1v) is 16.2. The average Bonchev–Trinajstić information content (AvgIpc) is 3.39. The fourth-order valence-corrected chi connectivity index (χ4v) is 6.07. The molecule has 2 amide bonds. The molecular formula is C37H38N2O7S. The van der Waals surface area contributed by atoms with Gasteiger partial charge < -0.3 is 24.8 Å². The van der Waals surface area contributed by atoms with E-state index < -0.39 is 29.2 Å². The van der Waals surface area contributed by atoms with Crippen LogP contribution in [0.5, 0.6) is 5.75 Å². The van der Waals surface area contributed by atoms with E-state index in [-0.39, 0.29) is 12.1 Å². The van der Waals surface area contributed by atoms with Crippen LogP contribution >= 0.6 is 11.3 Å². The van der Waals surface area contributed by atoms with Gasteiger partial charge in [-0.15, -0.1) is 11.3 Å². The Morgan fingerprint density at radius 1 is 0.851 bits per heavy atom. The van der Waals surface area contributed by atoms with Crippen molar-refractivity contribution in [1.82, 2.24) is 5.32 Å². The van der Waals surface area contributed by atoms with Gasteiger partial charge in [-0.1, -0.05) is 24.3 Å². The summed E-state index contributed by atoms with van der Waals surface area (Å²) in [6.07, 6.45) is 0.864. The molecule has 2 N–H and O–H groups in total. The summed E-state index contributed by atoms with van der Waals surface area (Å²) in [6.45, 7) is 11.4. The van der Waals surface area contributed by atoms with Gasteiger partial charge in [0.1, 0.15) is 23.2 Å². The lowest BCUT2D eigenvalue weighted by molar-refractivity contribution is 0.00699. The number of rotatable bonds is 7. The normalized spacial score (nSPS) is 12.5. The van der Waals surface area contributed by atoms with Gasteiger partial charge in [-0.2, -0.15) is 0 Å². The first-order chi connectivity index (χ1) is 22.2. The minimum absolute atomic E-state index is 0.158. The van der Waals surface area contributed by atoms with Crippen LogP contribution in [0, 0.1) is 0 Å². The number of nitrogens with one attached hydrogen (secondary N) is 2. The molecule has 0 radical (unpaired) electrons. The number of esters is 1. The van der Waals surface area contributed by atoms with Crippen LogP contribution < -0.4 is 15.4 Å². The van der Waals surface area contributed by atoms with Crippen LogP contribution in [0.25, 0.3) is 21.6 Å². The molecule has 0 saturated carbocycles. The van der Waals surface area contributed by atoms with E-state index in [2.05, 4.69) is 16.7 Å². The number of aldehydes is 1. The predicted molar refractivity (Wildman–Crippen MR) is 182 cm³/mol. The maximum atomic E-state index is 14.1. The molecule has 5 rings (SSSR count). The summed E-state index contributed by atoms with van der Waals surface area (Å²) >= 11 is 1.57. The maximum absolute atomic E-state index is 14.1. The topological polar surface area (TPSA) is 120 Å². The minimum atomic E-state index is -0.785. The second kappa shape index (κ2) is 13.4. The maximum Gasteiger partial charge on any atom is 0.407 e. The quantitative estimate of drug-likeness (QED) is 0.153. The molecule has 3 aromatic carbocycles. The van der Waals surface area contributed by atoms with E-state index in [4.69, 9.17) is 14.2 Å². The highest BCUT2D eigenvalue weighted by molar-refractivity contribution is 7.13. The summed E-state index contributed by atoms with van der Waals surface area (Å²) in [5, 5.41) is 7.72. The van der Waals surface area contributed by atoms with Crippen molar-refractivity contribution in [3.8, 4) is 27.3 Å². The van der Waals surface area contributed by atoms with Crippen molar-refractivity contribution in [2.45, 2.75) is 65.7 Å². The van der Waals surface area contributed by atoms with E-state index in [0.29, 0.717) is 46.6 Å². The van der Waals surface area contributed by atoms with Crippen LogP contribution in [0.2, 0.25) is 0 Å². The van der Waals surface area contributed by atoms with Crippen molar-refractivity contribution in [3.63, 3.8) is 0 Å². The smallest absolute Gasteiger partial charge is 0.407 e. The van der Waals surface area contributed by atoms with Gasteiger partial charge in [0.05, 0.1) is 12.2 Å². The summed E-state index contributed by atoms with van der Waals surface area (Å²) in [5.41, 5.74) is 3.55. The predicted octanol–water partition coefficient (Wildman–Crippen LogP) is 8.06. The number of amides is 2. The molecule has 4 aromatic rings. The van der Waals surface area contributed by atoms with Crippen LogP contribution in [0.1, 0.15) is 83.7 Å². The Morgan fingerprint density at radius 2 is 1.57 bits per heavy atom. The number of alkyl carbamates (subject to hydrolysis) is 1. The Balaban J connectivity index is 1.52. The molecule has 0 fully saturated rings. The molecule has 0 aliphatic carbocycles. The van der Waals surface area contributed by atoms with Crippen molar-refractivity contribution >= 4 is 41.3 Å². The number of hydrogen-bond donors (Lipinski definition) is 2. The summed E-state index contributed by atoms with van der Waals surface area (Å²) in [7, 11) is 0. The molecule has 1 aliphatic heterocycles. The van der Waals surface area contributed by atoms with Gasteiger partial charge >= 0.3 is 12.1 Å². The van der Waals surface area contributed by atoms with Crippen LogP contribution in [-0.4, -0.2) is 42.1 Å². The molecule has 1 aromatic heterocycles. The van der Waals surface area contributed by atoms with Crippen molar-refractivity contribution in [1.29, 1.82) is 0 Å². The minimum Gasteiger partial charge on any atom is -0.493 e. The molecule has 0 atom stereocenters. The van der Waals surface area contributed by atoms with Crippen LogP contribution in [0.15, 0.2) is 66.0 Å². The molecule has 0 unspecified atom stereocenters. The second-order valence-corrected chi connectivity index (χ2v) is 14.1. The molecule has 9 nitrogen and oxygen atoms in total. The van der Waals surface area contributed by atoms with Gasteiger partial charge in [0.2, 0.25) is 0 Å². The van der Waals surface area contributed by atoms with E-state index in [9.17, 15) is 19.2 Å². The largest absolute Gasteiger partial charge is 0.493 e. The summed E-state index contributed by atoms with van der Waals surface area (Å²) in [5.74, 6) is -0.428. The average molecular weight is 655 g/mol. The first-order valence-electron chi connectivity index (χ1n) is 15.3. The van der Waals surface area contributed by atoms with Crippen molar-refractivity contribution in [2.24, 2.45) is 0 Å². The number of ether oxygens (including phenoxy) is 3. The molecule has 10 heteroatoms. The van der Waals surface area contributed by atoms with Gasteiger partial charge in [-0.3, -0.25) is 9.59 Å². The summed E-state index contributed by atoms with van der Waals surface area (Å²) in [6, 6.07) is 17.5. The van der Waals surface area contributed by atoms with Crippen LogP contribution in [-0.2, 0) is 22.4 Å². The van der Waals surface area contributed by atoms with Gasteiger partial charge in [-0.05, 0) is 106 Å². The van der Waals surface area contributed by atoms with Gasteiger partial charge in [-0.25, -0.2) is 9.59 Å². The highest BCUT2D eigenvalue weighted by Crippen LogP contribution is 2.43. The standard InChI is InChI=1S/C37H38N2O7S/c1-36(2,3)45-34(42)29-17-23(21-40)9-12-26(29)27-19-31-30(32-24(13-15-44-31)14-16-47-32)18-28(27)33(41)39-25-10-7-22(8-11-25)20-38-35(43)46-37(4,5)6/h7-12,14,16-19,21H,13,15,20H2,1-6H3,(H,38,43)(H,39,41). The summed E-state index contributed by atoms with van der Waals surface area (Å²) < 4.78 is 17.2. The van der Waals surface area contributed by atoms with Crippen molar-refractivity contribution < 1.29 is 33.4 Å². The SMILES string of the molecule is CC(C)(C)OC(=O)NCc1ccc(NC(=O)c2cc3c(cc2-c2ccc(C=O)cc2C(=O)OC(C)(C)C)OCCc2ccsc2-3)cc1. The third kappa shape index (κ3) is 8.26. The Bertz CT molecular complexity index is 1830. The number of thiophene rings is 1. The second-order valence-electron chi connectivity index (χ2n) is 13.2. The number of fused-ring (bicyclic) bond motifs is 3. The van der Waals surface area contributed by atoms with Crippen LogP contribution in [0.3, 0.4) is 0 Å². The van der Waals surface area contributed by atoms with E-state index in [0.717, 1.165) is 28.0 Å². The van der Waals surface area contributed by atoms with E-state index in [1.807, 2.05) is 5.38 Å². The Hall–Kier alpha value is -4.96. The lowest BCUT2D eigenvalue weighted by Crippen LogP contribution is -2.32. The lowest BCUT2D eigenvalue weighted by Gasteiger charge is -2.22. The monoisotopic (exact) mass is 654 g/mol. The zero-order valence-electron chi connectivity index (χ0n) is 27.3. The number of benzene rings is 3.